The number of hydrogen-bond donors (Lipinski definition) is 2. The van der Waals surface area contributed by atoms with E-state index in [9.17, 15) is 19.2 Å². The van der Waals surface area contributed by atoms with E-state index in [0.717, 1.165) is 56.9 Å². The number of likely N-dealkylation sites (N-methyl/N-ethyl adjacent to an activating group) is 1. The quantitative estimate of drug-likeness (QED) is 0.465. The molecule has 3 amide bonds. The summed E-state index contributed by atoms with van der Waals surface area (Å²) in [5.41, 5.74) is 8.07. The van der Waals surface area contributed by atoms with E-state index in [1.165, 1.54) is 10.5 Å². The fraction of sp³-hybridized carbons (Fsp3) is 0.697. The molecular weight excluding hydrogens is 532 g/mol. The number of Topliss-reactive ketones (excluding diaryl/α,β-unsaturated/α-hetero) is 1. The summed E-state index contributed by atoms with van der Waals surface area (Å²) in [6.07, 6.45) is 7.59. The van der Waals surface area contributed by atoms with Gasteiger partial charge in [-0.05, 0) is 83.3 Å². The van der Waals surface area contributed by atoms with Crippen LogP contribution in [-0.2, 0) is 25.5 Å². The third kappa shape index (κ3) is 7.71. The average molecular weight is 583 g/mol. The standard InChI is InChI=1S/C33H50N4O5/c1-21(36(5)32(41)42-33(2,3)4)29(38)19-26(23-12-7-6-8-13-23)31(40)37-20-24(34)18-28(37)30(39)35-27-17-11-15-22-14-9-10-16-25(22)27/h9-10,14,16,21,23-24,26-28H,6-8,11-13,15,17-20,34H2,1-5H3,(H,35,39)/t21-,24-,26-,27+,28-/m0/s1. The highest BCUT2D eigenvalue weighted by Gasteiger charge is 2.44. The number of nitrogens with two attached hydrogens (primary N) is 1. The van der Waals surface area contributed by atoms with Crippen molar-refractivity contribution < 1.29 is 23.9 Å². The number of carbonyl (C=O) groups excluding carboxylic acids is 4. The average Bonchev–Trinajstić information content (AvgIpc) is 3.36. The van der Waals surface area contributed by atoms with Gasteiger partial charge in [-0.1, -0.05) is 43.5 Å². The van der Waals surface area contributed by atoms with Crippen LogP contribution in [0.25, 0.3) is 0 Å². The number of likely N-dealkylation sites (tertiary alicyclic amines) is 1. The van der Waals surface area contributed by atoms with Crippen molar-refractivity contribution in [3.8, 4) is 0 Å². The lowest BCUT2D eigenvalue weighted by atomic mass is 9.76. The molecule has 4 rings (SSSR count). The number of ketones is 1. The second-order valence-electron chi connectivity index (χ2n) is 13.6. The van der Waals surface area contributed by atoms with E-state index in [1.807, 2.05) is 12.1 Å². The Morgan fingerprint density at radius 3 is 2.45 bits per heavy atom. The van der Waals surface area contributed by atoms with Crippen molar-refractivity contribution in [2.75, 3.05) is 13.6 Å². The van der Waals surface area contributed by atoms with Crippen LogP contribution in [0.1, 0.15) is 103 Å². The van der Waals surface area contributed by atoms with Crippen LogP contribution in [0, 0.1) is 11.8 Å². The minimum atomic E-state index is -0.745. The van der Waals surface area contributed by atoms with Gasteiger partial charge in [0.15, 0.2) is 5.78 Å². The molecule has 2 fully saturated rings. The van der Waals surface area contributed by atoms with Crippen molar-refractivity contribution in [3.05, 3.63) is 35.4 Å². The topological polar surface area (TPSA) is 122 Å². The Hall–Kier alpha value is -2.94. The zero-order chi connectivity index (χ0) is 30.6. The Kier molecular flexibility index (Phi) is 10.3. The molecule has 1 heterocycles. The maximum absolute atomic E-state index is 14.3. The van der Waals surface area contributed by atoms with Gasteiger partial charge in [-0.25, -0.2) is 4.79 Å². The van der Waals surface area contributed by atoms with Crippen LogP contribution in [0.5, 0.6) is 0 Å². The highest BCUT2D eigenvalue weighted by atomic mass is 16.6. The number of benzene rings is 1. The van der Waals surface area contributed by atoms with Crippen molar-refractivity contribution in [3.63, 3.8) is 0 Å². The van der Waals surface area contributed by atoms with Crippen LogP contribution < -0.4 is 11.1 Å². The van der Waals surface area contributed by atoms with E-state index in [4.69, 9.17) is 10.5 Å². The number of hydrogen-bond acceptors (Lipinski definition) is 6. The molecular formula is C33H50N4O5. The molecule has 9 nitrogen and oxygen atoms in total. The van der Waals surface area contributed by atoms with Gasteiger partial charge < -0.3 is 25.6 Å². The molecule has 0 radical (unpaired) electrons. The molecule has 2 aliphatic carbocycles. The predicted molar refractivity (Wildman–Crippen MR) is 162 cm³/mol. The first-order valence-corrected chi connectivity index (χ1v) is 15.8. The molecule has 3 N–H and O–H groups in total. The molecule has 3 aliphatic rings. The highest BCUT2D eigenvalue weighted by Crippen LogP contribution is 2.36. The molecule has 5 atom stereocenters. The van der Waals surface area contributed by atoms with Crippen LogP contribution in [0.15, 0.2) is 24.3 Å². The number of amides is 3. The molecule has 1 aromatic carbocycles. The summed E-state index contributed by atoms with van der Waals surface area (Å²) in [5.74, 6) is -1.02. The number of nitrogens with zero attached hydrogens (tertiary/aromatic N) is 2. The van der Waals surface area contributed by atoms with Gasteiger partial charge in [-0.15, -0.1) is 0 Å². The van der Waals surface area contributed by atoms with Crippen LogP contribution in [0.4, 0.5) is 4.79 Å². The largest absolute Gasteiger partial charge is 0.444 e. The van der Waals surface area contributed by atoms with Crippen molar-refractivity contribution >= 4 is 23.7 Å². The molecule has 0 spiro atoms. The fourth-order valence-electron chi connectivity index (χ4n) is 6.83. The van der Waals surface area contributed by atoms with E-state index < -0.39 is 29.7 Å². The lowest BCUT2D eigenvalue weighted by Crippen LogP contribution is -2.51. The van der Waals surface area contributed by atoms with Gasteiger partial charge in [0.1, 0.15) is 11.6 Å². The smallest absolute Gasteiger partial charge is 0.410 e. The summed E-state index contributed by atoms with van der Waals surface area (Å²) in [7, 11) is 1.55. The van der Waals surface area contributed by atoms with Crippen LogP contribution >= 0.6 is 0 Å². The molecule has 42 heavy (non-hydrogen) atoms. The Bertz CT molecular complexity index is 1140. The zero-order valence-corrected chi connectivity index (χ0v) is 26.1. The molecule has 0 aromatic heterocycles. The minimum absolute atomic E-state index is 0.0217. The lowest BCUT2D eigenvalue weighted by Gasteiger charge is -2.35. The molecule has 1 aromatic rings. The van der Waals surface area contributed by atoms with Crippen LogP contribution in [0.3, 0.4) is 0 Å². The van der Waals surface area contributed by atoms with Gasteiger partial charge in [0.25, 0.3) is 0 Å². The van der Waals surface area contributed by atoms with Gasteiger partial charge in [0.2, 0.25) is 11.8 Å². The Morgan fingerprint density at radius 1 is 1.07 bits per heavy atom. The van der Waals surface area contributed by atoms with E-state index in [2.05, 4.69) is 17.4 Å². The highest BCUT2D eigenvalue weighted by molar-refractivity contribution is 5.94. The Balaban J connectivity index is 1.50. The molecule has 9 heteroatoms. The normalized spacial score (nSPS) is 24.3. The Labute approximate surface area is 250 Å². The van der Waals surface area contributed by atoms with E-state index in [0.29, 0.717) is 13.0 Å². The second-order valence-corrected chi connectivity index (χ2v) is 13.6. The number of nitrogens with one attached hydrogen (secondary N) is 1. The number of ether oxygens (including phenoxy) is 1. The fourth-order valence-corrected chi connectivity index (χ4v) is 6.83. The molecule has 0 bridgehead atoms. The van der Waals surface area contributed by atoms with E-state index in [-0.39, 0.29) is 42.0 Å². The second kappa shape index (κ2) is 13.6. The van der Waals surface area contributed by atoms with Gasteiger partial charge in [-0.2, -0.15) is 0 Å². The summed E-state index contributed by atoms with van der Waals surface area (Å²) in [5, 5.41) is 3.23. The summed E-state index contributed by atoms with van der Waals surface area (Å²) in [6.45, 7) is 7.32. The molecule has 1 saturated carbocycles. The molecule has 232 valence electrons. The maximum atomic E-state index is 14.3. The Morgan fingerprint density at radius 2 is 1.76 bits per heavy atom. The maximum Gasteiger partial charge on any atom is 0.410 e. The van der Waals surface area contributed by atoms with Crippen LogP contribution in [-0.4, -0.2) is 70.8 Å². The first-order valence-electron chi connectivity index (χ1n) is 15.8. The third-order valence-electron chi connectivity index (χ3n) is 9.29. The summed E-state index contributed by atoms with van der Waals surface area (Å²) in [4.78, 5) is 57.1. The van der Waals surface area contributed by atoms with Gasteiger partial charge in [-0.3, -0.25) is 14.4 Å². The van der Waals surface area contributed by atoms with Crippen LogP contribution in [0.2, 0.25) is 0 Å². The predicted octanol–water partition coefficient (Wildman–Crippen LogP) is 4.52. The van der Waals surface area contributed by atoms with E-state index >= 15 is 0 Å². The molecule has 0 unspecified atom stereocenters. The SMILES string of the molecule is C[C@@H](C(=O)C[C@H](C(=O)N1C[C@@H](N)C[C@H]1C(=O)N[C@@H]1CCCc2ccccc21)C1CCCCC1)N(C)C(=O)OC(C)(C)C. The monoisotopic (exact) mass is 582 g/mol. The summed E-state index contributed by atoms with van der Waals surface area (Å²) < 4.78 is 5.46. The number of aryl methyl sites for hydroxylation is 1. The summed E-state index contributed by atoms with van der Waals surface area (Å²) in [6, 6.07) is 6.41. The van der Waals surface area contributed by atoms with Crippen molar-refractivity contribution in [2.24, 2.45) is 17.6 Å². The molecule has 1 aliphatic heterocycles. The zero-order valence-electron chi connectivity index (χ0n) is 26.1. The first kappa shape index (κ1) is 32.0. The molecule has 1 saturated heterocycles. The van der Waals surface area contributed by atoms with Gasteiger partial charge in [0.05, 0.1) is 12.1 Å². The summed E-state index contributed by atoms with van der Waals surface area (Å²) >= 11 is 0. The lowest BCUT2D eigenvalue weighted by molar-refractivity contribution is -0.145. The third-order valence-corrected chi connectivity index (χ3v) is 9.29. The van der Waals surface area contributed by atoms with Gasteiger partial charge in [0, 0.05) is 32.0 Å². The number of carbonyl (C=O) groups is 4. The first-order chi connectivity index (χ1) is 19.9. The van der Waals surface area contributed by atoms with Crippen molar-refractivity contribution in [1.29, 1.82) is 0 Å². The van der Waals surface area contributed by atoms with E-state index in [1.54, 1.807) is 39.6 Å². The van der Waals surface area contributed by atoms with Crippen molar-refractivity contribution in [2.45, 2.75) is 122 Å². The minimum Gasteiger partial charge on any atom is -0.444 e. The number of rotatable bonds is 8. The van der Waals surface area contributed by atoms with Crippen molar-refractivity contribution in [1.82, 2.24) is 15.1 Å². The number of fused-ring (bicyclic) bond motifs is 1. The van der Waals surface area contributed by atoms with Gasteiger partial charge >= 0.3 is 6.09 Å².